The van der Waals surface area contributed by atoms with E-state index in [0.29, 0.717) is 5.56 Å². The molecule has 0 radical (unpaired) electrons. The van der Waals surface area contributed by atoms with E-state index < -0.39 is 0 Å². The molecule has 0 aromatic heterocycles. The van der Waals surface area contributed by atoms with E-state index in [1.165, 1.54) is 6.26 Å². The maximum Gasteiger partial charge on any atom is 0.342 e. The van der Waals surface area contributed by atoms with Gasteiger partial charge < -0.3 is 4.74 Å². The molecule has 0 heterocycles. The Balaban J connectivity index is 2.34. The Labute approximate surface area is 90.6 Å². The third-order valence-corrected chi connectivity index (χ3v) is 2.01. The Morgan fingerprint density at radius 2 is 2.07 bits per heavy atom. The van der Waals surface area contributed by atoms with E-state index in [9.17, 15) is 4.79 Å². The summed E-state index contributed by atoms with van der Waals surface area (Å²) in [7, 11) is 0. The van der Waals surface area contributed by atoms with E-state index in [0.717, 1.165) is 19.3 Å². The number of allylic oxidation sites excluding steroid dienone is 1. The second-order valence-corrected chi connectivity index (χ2v) is 3.29. The van der Waals surface area contributed by atoms with Gasteiger partial charge in [0.1, 0.15) is 0 Å². The lowest BCUT2D eigenvalue weighted by Gasteiger charge is -1.97. The van der Waals surface area contributed by atoms with Crippen LogP contribution < -0.4 is 0 Å². The first-order chi connectivity index (χ1) is 7.34. The van der Waals surface area contributed by atoms with Crippen LogP contribution in [0.5, 0.6) is 0 Å². The molecule has 0 N–H and O–H groups in total. The Morgan fingerprint density at radius 1 is 1.33 bits per heavy atom. The number of hydrogen-bond donors (Lipinski definition) is 0. The van der Waals surface area contributed by atoms with Crippen LogP contribution in [0.3, 0.4) is 0 Å². The van der Waals surface area contributed by atoms with E-state index in [1.807, 2.05) is 24.3 Å². The molecule has 0 aliphatic heterocycles. The quantitative estimate of drug-likeness (QED) is 0.416. The Bertz CT molecular complexity index is 315. The SMILES string of the molecule is CCCC/C=C/OC(=O)c1ccccc1. The molecule has 0 fully saturated rings. The molecular weight excluding hydrogens is 188 g/mol. The van der Waals surface area contributed by atoms with Gasteiger partial charge in [-0.2, -0.15) is 0 Å². The standard InChI is InChI=1S/C13H16O2/c1-2-3-4-8-11-15-13(14)12-9-6-5-7-10-12/h5-11H,2-4H2,1H3/b11-8+. The van der Waals surface area contributed by atoms with Gasteiger partial charge in [-0.05, 0) is 31.1 Å². The van der Waals surface area contributed by atoms with Crippen LogP contribution in [0.4, 0.5) is 0 Å². The molecule has 2 heteroatoms. The highest BCUT2D eigenvalue weighted by Gasteiger charge is 2.02. The summed E-state index contributed by atoms with van der Waals surface area (Å²) in [4.78, 5) is 11.4. The Morgan fingerprint density at radius 3 is 2.73 bits per heavy atom. The van der Waals surface area contributed by atoms with Gasteiger partial charge >= 0.3 is 5.97 Å². The fourth-order valence-corrected chi connectivity index (χ4v) is 1.14. The van der Waals surface area contributed by atoms with E-state index in [1.54, 1.807) is 12.1 Å². The molecular formula is C13H16O2. The number of unbranched alkanes of at least 4 members (excludes halogenated alkanes) is 2. The van der Waals surface area contributed by atoms with Gasteiger partial charge in [0.15, 0.2) is 0 Å². The van der Waals surface area contributed by atoms with Crippen molar-refractivity contribution in [3.8, 4) is 0 Å². The highest BCUT2D eigenvalue weighted by atomic mass is 16.5. The zero-order chi connectivity index (χ0) is 10.9. The molecule has 0 saturated carbocycles. The van der Waals surface area contributed by atoms with Crippen molar-refractivity contribution in [2.24, 2.45) is 0 Å². The minimum absolute atomic E-state index is 0.302. The largest absolute Gasteiger partial charge is 0.431 e. The lowest BCUT2D eigenvalue weighted by atomic mass is 10.2. The highest BCUT2D eigenvalue weighted by molar-refractivity contribution is 5.89. The van der Waals surface area contributed by atoms with Crippen molar-refractivity contribution < 1.29 is 9.53 Å². The van der Waals surface area contributed by atoms with Gasteiger partial charge in [-0.3, -0.25) is 0 Å². The summed E-state index contributed by atoms with van der Waals surface area (Å²) in [6.07, 6.45) is 6.59. The fourth-order valence-electron chi connectivity index (χ4n) is 1.14. The molecule has 0 aliphatic carbocycles. The zero-order valence-corrected chi connectivity index (χ0v) is 8.98. The second kappa shape index (κ2) is 6.82. The van der Waals surface area contributed by atoms with E-state index in [2.05, 4.69) is 6.92 Å². The molecule has 15 heavy (non-hydrogen) atoms. The predicted octanol–water partition coefficient (Wildman–Crippen LogP) is 3.55. The Hall–Kier alpha value is -1.57. The molecule has 0 aliphatic rings. The van der Waals surface area contributed by atoms with Gasteiger partial charge in [0.05, 0.1) is 11.8 Å². The van der Waals surface area contributed by atoms with Crippen LogP contribution in [0, 0.1) is 0 Å². The molecule has 2 nitrogen and oxygen atoms in total. The molecule has 0 unspecified atom stereocenters. The van der Waals surface area contributed by atoms with Crippen molar-refractivity contribution >= 4 is 5.97 Å². The first kappa shape index (κ1) is 11.5. The third-order valence-electron chi connectivity index (χ3n) is 2.01. The molecule has 0 saturated heterocycles. The summed E-state index contributed by atoms with van der Waals surface area (Å²) in [5.74, 6) is -0.302. The van der Waals surface area contributed by atoms with Crippen LogP contribution in [-0.2, 0) is 4.74 Å². The molecule has 1 rings (SSSR count). The van der Waals surface area contributed by atoms with Crippen LogP contribution >= 0.6 is 0 Å². The average molecular weight is 204 g/mol. The van der Waals surface area contributed by atoms with Crippen molar-refractivity contribution in [2.45, 2.75) is 26.2 Å². The molecule has 0 spiro atoms. The number of rotatable bonds is 5. The summed E-state index contributed by atoms with van der Waals surface area (Å²) in [5, 5.41) is 0. The minimum atomic E-state index is -0.302. The van der Waals surface area contributed by atoms with Crippen LogP contribution in [-0.4, -0.2) is 5.97 Å². The van der Waals surface area contributed by atoms with Gasteiger partial charge in [0.25, 0.3) is 0 Å². The van der Waals surface area contributed by atoms with E-state index in [-0.39, 0.29) is 5.97 Å². The van der Waals surface area contributed by atoms with E-state index >= 15 is 0 Å². The zero-order valence-electron chi connectivity index (χ0n) is 8.98. The summed E-state index contributed by atoms with van der Waals surface area (Å²) >= 11 is 0. The number of ether oxygens (including phenoxy) is 1. The topological polar surface area (TPSA) is 26.3 Å². The molecule has 1 aromatic rings. The average Bonchev–Trinajstić information content (AvgIpc) is 2.30. The van der Waals surface area contributed by atoms with Crippen molar-refractivity contribution in [2.75, 3.05) is 0 Å². The van der Waals surface area contributed by atoms with Gasteiger partial charge in [-0.15, -0.1) is 0 Å². The summed E-state index contributed by atoms with van der Waals surface area (Å²) in [5.41, 5.74) is 0.581. The first-order valence-electron chi connectivity index (χ1n) is 5.25. The smallest absolute Gasteiger partial charge is 0.342 e. The van der Waals surface area contributed by atoms with Crippen molar-refractivity contribution in [3.05, 3.63) is 48.2 Å². The summed E-state index contributed by atoms with van der Waals surface area (Å²) < 4.78 is 4.96. The molecule has 80 valence electrons. The van der Waals surface area contributed by atoms with E-state index in [4.69, 9.17) is 4.74 Å². The van der Waals surface area contributed by atoms with Gasteiger partial charge in [0.2, 0.25) is 0 Å². The van der Waals surface area contributed by atoms with Crippen molar-refractivity contribution in [1.82, 2.24) is 0 Å². The maximum atomic E-state index is 11.4. The molecule has 0 amide bonds. The number of carbonyl (C=O) groups excluding carboxylic acids is 1. The number of hydrogen-bond acceptors (Lipinski definition) is 2. The normalized spacial score (nSPS) is 10.5. The lowest BCUT2D eigenvalue weighted by Crippen LogP contribution is -1.99. The first-order valence-corrected chi connectivity index (χ1v) is 5.25. The van der Waals surface area contributed by atoms with Crippen molar-refractivity contribution in [1.29, 1.82) is 0 Å². The van der Waals surface area contributed by atoms with Crippen LogP contribution in [0.1, 0.15) is 36.5 Å². The summed E-state index contributed by atoms with van der Waals surface area (Å²) in [6.45, 7) is 2.13. The van der Waals surface area contributed by atoms with Gasteiger partial charge in [-0.1, -0.05) is 31.5 Å². The minimum Gasteiger partial charge on any atom is -0.431 e. The van der Waals surface area contributed by atoms with Gasteiger partial charge in [-0.25, -0.2) is 4.79 Å². The monoisotopic (exact) mass is 204 g/mol. The van der Waals surface area contributed by atoms with Gasteiger partial charge in [0, 0.05) is 0 Å². The maximum absolute atomic E-state index is 11.4. The number of esters is 1. The highest BCUT2D eigenvalue weighted by Crippen LogP contribution is 2.02. The summed E-state index contributed by atoms with van der Waals surface area (Å²) in [6, 6.07) is 8.98. The number of carbonyl (C=O) groups is 1. The fraction of sp³-hybridized carbons (Fsp3) is 0.308. The molecule has 0 bridgehead atoms. The lowest BCUT2D eigenvalue weighted by molar-refractivity contribution is 0.0662. The second-order valence-electron chi connectivity index (χ2n) is 3.29. The van der Waals surface area contributed by atoms with Crippen LogP contribution in [0.25, 0.3) is 0 Å². The van der Waals surface area contributed by atoms with Crippen LogP contribution in [0.2, 0.25) is 0 Å². The molecule has 0 atom stereocenters. The third kappa shape index (κ3) is 4.45. The number of benzene rings is 1. The molecule has 1 aromatic carbocycles. The predicted molar refractivity (Wildman–Crippen MR) is 60.5 cm³/mol. The van der Waals surface area contributed by atoms with Crippen molar-refractivity contribution in [3.63, 3.8) is 0 Å². The Kier molecular flexibility index (Phi) is 5.23. The van der Waals surface area contributed by atoms with Crippen LogP contribution in [0.15, 0.2) is 42.7 Å².